The summed E-state index contributed by atoms with van der Waals surface area (Å²) in [7, 11) is 0. The number of rotatable bonds is 3. The Balaban J connectivity index is 2.35. The lowest BCUT2D eigenvalue weighted by atomic mass is 9.97. The quantitative estimate of drug-likeness (QED) is 0.859. The van der Waals surface area contributed by atoms with Gasteiger partial charge in [0, 0.05) is 12.2 Å². The van der Waals surface area contributed by atoms with Crippen molar-refractivity contribution in [3.05, 3.63) is 29.3 Å². The van der Waals surface area contributed by atoms with E-state index in [-0.39, 0.29) is 6.04 Å². The third-order valence-electron chi connectivity index (χ3n) is 3.67. The summed E-state index contributed by atoms with van der Waals surface area (Å²) in [5.74, 6) is -0.890. The fourth-order valence-corrected chi connectivity index (χ4v) is 2.44. The van der Waals surface area contributed by atoms with Crippen molar-refractivity contribution >= 4 is 11.7 Å². The van der Waals surface area contributed by atoms with E-state index in [1.807, 2.05) is 13.0 Å². The molecule has 0 bridgehead atoms. The van der Waals surface area contributed by atoms with Gasteiger partial charge in [0.1, 0.15) is 0 Å². The molecule has 18 heavy (non-hydrogen) atoms. The number of carboxylic acid groups (broad SMARTS) is 1. The zero-order valence-electron chi connectivity index (χ0n) is 10.8. The van der Waals surface area contributed by atoms with Crippen molar-refractivity contribution in [3.63, 3.8) is 0 Å². The summed E-state index contributed by atoms with van der Waals surface area (Å²) in [5.41, 5.74) is 2.45. The molecule has 2 N–H and O–H groups in total. The van der Waals surface area contributed by atoms with Gasteiger partial charge in [0.15, 0.2) is 0 Å². The largest absolute Gasteiger partial charge is 0.478 e. The van der Waals surface area contributed by atoms with Crippen molar-refractivity contribution in [2.75, 3.05) is 11.4 Å². The van der Waals surface area contributed by atoms with Crippen LogP contribution in [-0.4, -0.2) is 34.9 Å². The molecule has 4 heteroatoms. The van der Waals surface area contributed by atoms with Crippen LogP contribution in [0.1, 0.15) is 36.2 Å². The Morgan fingerprint density at radius 2 is 2.11 bits per heavy atom. The SMILES string of the molecule is CC(O)C(C)N1CCCc2cc(C(=O)O)ccc21. The first-order valence-electron chi connectivity index (χ1n) is 6.31. The number of carboxylic acids is 1. The van der Waals surface area contributed by atoms with E-state index in [0.29, 0.717) is 5.56 Å². The van der Waals surface area contributed by atoms with Crippen molar-refractivity contribution in [3.8, 4) is 0 Å². The summed E-state index contributed by atoms with van der Waals surface area (Å²) < 4.78 is 0. The second-order valence-electron chi connectivity index (χ2n) is 4.93. The summed E-state index contributed by atoms with van der Waals surface area (Å²) in [6.45, 7) is 4.68. The predicted molar refractivity (Wildman–Crippen MR) is 70.2 cm³/mol. The van der Waals surface area contributed by atoms with Gasteiger partial charge in [0.2, 0.25) is 0 Å². The van der Waals surface area contributed by atoms with E-state index in [9.17, 15) is 9.90 Å². The fraction of sp³-hybridized carbons (Fsp3) is 0.500. The highest BCUT2D eigenvalue weighted by molar-refractivity contribution is 5.88. The minimum Gasteiger partial charge on any atom is -0.478 e. The maximum atomic E-state index is 11.0. The summed E-state index contributed by atoms with van der Waals surface area (Å²) >= 11 is 0. The number of benzene rings is 1. The van der Waals surface area contributed by atoms with Crippen LogP contribution in [0.3, 0.4) is 0 Å². The number of aryl methyl sites for hydroxylation is 1. The number of anilines is 1. The highest BCUT2D eigenvalue weighted by Gasteiger charge is 2.24. The van der Waals surface area contributed by atoms with E-state index in [0.717, 1.165) is 30.6 Å². The third-order valence-corrected chi connectivity index (χ3v) is 3.67. The molecule has 0 aromatic heterocycles. The highest BCUT2D eigenvalue weighted by Crippen LogP contribution is 2.30. The molecule has 2 unspecified atom stereocenters. The normalized spacial score (nSPS) is 18.1. The Morgan fingerprint density at radius 1 is 1.39 bits per heavy atom. The van der Waals surface area contributed by atoms with E-state index in [1.165, 1.54) is 0 Å². The molecule has 2 atom stereocenters. The molecule has 0 amide bonds. The van der Waals surface area contributed by atoms with E-state index < -0.39 is 12.1 Å². The second-order valence-corrected chi connectivity index (χ2v) is 4.93. The van der Waals surface area contributed by atoms with Gasteiger partial charge in [-0.1, -0.05) is 0 Å². The van der Waals surface area contributed by atoms with Crippen LogP contribution in [0, 0.1) is 0 Å². The molecule has 2 rings (SSSR count). The lowest BCUT2D eigenvalue weighted by molar-refractivity contribution is 0.0696. The standard InChI is InChI=1S/C14H19NO3/c1-9(10(2)16)15-7-3-4-11-8-12(14(17)18)5-6-13(11)15/h5-6,8-10,16H,3-4,7H2,1-2H3,(H,17,18). The van der Waals surface area contributed by atoms with Gasteiger partial charge in [-0.3, -0.25) is 0 Å². The lowest BCUT2D eigenvalue weighted by Gasteiger charge is -2.37. The zero-order chi connectivity index (χ0) is 13.3. The molecule has 4 nitrogen and oxygen atoms in total. The maximum absolute atomic E-state index is 11.0. The molecule has 1 aliphatic heterocycles. The van der Waals surface area contributed by atoms with E-state index in [2.05, 4.69) is 4.90 Å². The molecular formula is C14H19NO3. The van der Waals surface area contributed by atoms with Crippen molar-refractivity contribution in [2.45, 2.75) is 38.8 Å². The van der Waals surface area contributed by atoms with E-state index in [4.69, 9.17) is 5.11 Å². The minimum absolute atomic E-state index is 0.0414. The minimum atomic E-state index is -0.890. The van der Waals surface area contributed by atoms with Crippen LogP contribution in [0.4, 0.5) is 5.69 Å². The van der Waals surface area contributed by atoms with Gasteiger partial charge in [-0.05, 0) is 50.5 Å². The van der Waals surface area contributed by atoms with Crippen LogP contribution in [0.2, 0.25) is 0 Å². The number of aromatic carboxylic acids is 1. The molecule has 1 aliphatic rings. The number of nitrogens with zero attached hydrogens (tertiary/aromatic N) is 1. The first kappa shape index (κ1) is 12.9. The van der Waals surface area contributed by atoms with Gasteiger partial charge in [-0.25, -0.2) is 4.79 Å². The topological polar surface area (TPSA) is 60.8 Å². The molecule has 0 aliphatic carbocycles. The summed E-state index contributed by atoms with van der Waals surface area (Å²) in [5, 5.41) is 18.7. The van der Waals surface area contributed by atoms with Gasteiger partial charge >= 0.3 is 5.97 Å². The van der Waals surface area contributed by atoms with Gasteiger partial charge < -0.3 is 15.1 Å². The second kappa shape index (κ2) is 4.98. The fourth-order valence-electron chi connectivity index (χ4n) is 2.44. The summed E-state index contributed by atoms with van der Waals surface area (Å²) in [6.07, 6.45) is 1.49. The molecule has 1 aromatic rings. The monoisotopic (exact) mass is 249 g/mol. The van der Waals surface area contributed by atoms with Crippen LogP contribution in [0.5, 0.6) is 0 Å². The summed E-state index contributed by atoms with van der Waals surface area (Å²) in [6, 6.07) is 5.28. The Hall–Kier alpha value is -1.55. The number of hydrogen-bond acceptors (Lipinski definition) is 3. The average molecular weight is 249 g/mol. The molecule has 0 fully saturated rings. The molecule has 0 spiro atoms. The molecule has 1 aromatic carbocycles. The maximum Gasteiger partial charge on any atom is 0.335 e. The van der Waals surface area contributed by atoms with Crippen molar-refractivity contribution in [1.82, 2.24) is 0 Å². The molecule has 0 saturated carbocycles. The molecule has 0 radical (unpaired) electrons. The first-order valence-corrected chi connectivity index (χ1v) is 6.31. The van der Waals surface area contributed by atoms with Crippen LogP contribution in [-0.2, 0) is 6.42 Å². The predicted octanol–water partition coefficient (Wildman–Crippen LogP) is 1.91. The van der Waals surface area contributed by atoms with Crippen molar-refractivity contribution in [1.29, 1.82) is 0 Å². The number of carbonyl (C=O) groups is 1. The summed E-state index contributed by atoms with van der Waals surface area (Å²) in [4.78, 5) is 13.1. The zero-order valence-corrected chi connectivity index (χ0v) is 10.8. The highest BCUT2D eigenvalue weighted by atomic mass is 16.4. The smallest absolute Gasteiger partial charge is 0.335 e. The number of fused-ring (bicyclic) bond motifs is 1. The molecule has 1 heterocycles. The van der Waals surface area contributed by atoms with Gasteiger partial charge in [0.25, 0.3) is 0 Å². The van der Waals surface area contributed by atoms with Crippen LogP contribution < -0.4 is 4.90 Å². The van der Waals surface area contributed by atoms with E-state index in [1.54, 1.807) is 19.1 Å². The van der Waals surface area contributed by atoms with Crippen molar-refractivity contribution < 1.29 is 15.0 Å². The van der Waals surface area contributed by atoms with E-state index >= 15 is 0 Å². The van der Waals surface area contributed by atoms with Gasteiger partial charge in [0.05, 0.1) is 17.7 Å². The van der Waals surface area contributed by atoms with Gasteiger partial charge in [-0.15, -0.1) is 0 Å². The van der Waals surface area contributed by atoms with Crippen LogP contribution >= 0.6 is 0 Å². The number of aliphatic hydroxyl groups excluding tert-OH is 1. The average Bonchev–Trinajstić information content (AvgIpc) is 2.36. The number of aliphatic hydroxyl groups is 1. The lowest BCUT2D eigenvalue weighted by Crippen LogP contribution is -2.43. The Labute approximate surface area is 107 Å². The number of hydrogen-bond donors (Lipinski definition) is 2. The molecule has 98 valence electrons. The van der Waals surface area contributed by atoms with Gasteiger partial charge in [-0.2, -0.15) is 0 Å². The third kappa shape index (κ3) is 2.34. The first-order chi connectivity index (χ1) is 8.50. The Morgan fingerprint density at radius 3 is 2.72 bits per heavy atom. The molecule has 0 saturated heterocycles. The van der Waals surface area contributed by atoms with Crippen LogP contribution in [0.25, 0.3) is 0 Å². The van der Waals surface area contributed by atoms with Crippen LogP contribution in [0.15, 0.2) is 18.2 Å². The Bertz CT molecular complexity index is 456. The van der Waals surface area contributed by atoms with Crippen molar-refractivity contribution in [2.24, 2.45) is 0 Å². The molecular weight excluding hydrogens is 230 g/mol. The Kier molecular flexibility index (Phi) is 3.57.